The minimum Gasteiger partial charge on any atom is -0.297 e. The average molecular weight is 387 g/mol. The standard InChI is InChI=1S/C21H17N5OS/c27-19(23-21-24-22-15-28-21)12-11-18-14-26(13-16-7-3-1-4-8-16)25-20(18)17-9-5-2-6-10-17/h1-12,14-15H,13H2,(H,23,24,27)/b12-11+. The van der Waals surface area contributed by atoms with Crippen LogP contribution in [0.1, 0.15) is 11.1 Å². The van der Waals surface area contributed by atoms with Crippen LogP contribution in [0.25, 0.3) is 17.3 Å². The molecular weight excluding hydrogens is 370 g/mol. The first-order valence-corrected chi connectivity index (χ1v) is 9.58. The van der Waals surface area contributed by atoms with Gasteiger partial charge in [-0.05, 0) is 11.6 Å². The van der Waals surface area contributed by atoms with Crippen molar-refractivity contribution in [1.82, 2.24) is 20.0 Å². The number of hydrogen-bond acceptors (Lipinski definition) is 5. The van der Waals surface area contributed by atoms with E-state index >= 15 is 0 Å². The summed E-state index contributed by atoms with van der Waals surface area (Å²) in [5, 5.41) is 15.4. The van der Waals surface area contributed by atoms with Crippen molar-refractivity contribution in [3.63, 3.8) is 0 Å². The first-order valence-electron chi connectivity index (χ1n) is 8.70. The minimum absolute atomic E-state index is 0.258. The van der Waals surface area contributed by atoms with Crippen LogP contribution >= 0.6 is 11.3 Å². The van der Waals surface area contributed by atoms with E-state index in [0.29, 0.717) is 11.7 Å². The molecule has 0 bridgehead atoms. The molecule has 6 nitrogen and oxygen atoms in total. The molecule has 0 spiro atoms. The number of nitrogens with one attached hydrogen (secondary N) is 1. The first-order chi connectivity index (χ1) is 13.8. The lowest BCUT2D eigenvalue weighted by atomic mass is 10.1. The molecule has 4 rings (SSSR count). The number of nitrogens with zero attached hydrogens (tertiary/aromatic N) is 4. The van der Waals surface area contributed by atoms with E-state index in [9.17, 15) is 4.79 Å². The number of anilines is 1. The van der Waals surface area contributed by atoms with E-state index in [1.54, 1.807) is 11.6 Å². The largest absolute Gasteiger partial charge is 0.297 e. The van der Waals surface area contributed by atoms with Crippen molar-refractivity contribution < 1.29 is 4.79 Å². The molecule has 0 atom stereocenters. The summed E-state index contributed by atoms with van der Waals surface area (Å²) >= 11 is 1.27. The molecule has 7 heteroatoms. The summed E-state index contributed by atoms with van der Waals surface area (Å²) < 4.78 is 1.89. The van der Waals surface area contributed by atoms with Crippen LogP contribution in [0.4, 0.5) is 5.13 Å². The fraction of sp³-hybridized carbons (Fsp3) is 0.0476. The lowest BCUT2D eigenvalue weighted by Crippen LogP contribution is -2.07. The number of amides is 1. The zero-order valence-corrected chi connectivity index (χ0v) is 15.7. The summed E-state index contributed by atoms with van der Waals surface area (Å²) in [6.07, 6.45) is 5.20. The maximum Gasteiger partial charge on any atom is 0.250 e. The van der Waals surface area contributed by atoms with Gasteiger partial charge in [0.05, 0.1) is 12.2 Å². The maximum absolute atomic E-state index is 12.1. The number of carbonyl (C=O) groups excluding carboxylic acids is 1. The fourth-order valence-corrected chi connectivity index (χ4v) is 3.22. The number of aromatic nitrogens is 4. The molecule has 0 saturated carbocycles. The van der Waals surface area contributed by atoms with Gasteiger partial charge in [-0.2, -0.15) is 5.10 Å². The van der Waals surface area contributed by atoms with E-state index in [-0.39, 0.29) is 5.91 Å². The molecule has 2 aromatic carbocycles. The van der Waals surface area contributed by atoms with Crippen LogP contribution in [0, 0.1) is 0 Å². The Bertz CT molecular complexity index is 1070. The van der Waals surface area contributed by atoms with Gasteiger partial charge in [0.1, 0.15) is 5.51 Å². The molecule has 2 aromatic heterocycles. The second-order valence-corrected chi connectivity index (χ2v) is 6.88. The molecule has 0 aliphatic carbocycles. The van der Waals surface area contributed by atoms with Gasteiger partial charge in [-0.15, -0.1) is 10.2 Å². The van der Waals surface area contributed by atoms with E-state index in [4.69, 9.17) is 5.10 Å². The Labute approximate surface area is 166 Å². The third kappa shape index (κ3) is 4.39. The van der Waals surface area contributed by atoms with Crippen LogP contribution in [0.15, 0.2) is 78.4 Å². The molecule has 138 valence electrons. The summed E-state index contributed by atoms with van der Waals surface area (Å²) in [5.74, 6) is -0.258. The second kappa shape index (κ2) is 8.41. The molecule has 4 aromatic rings. The third-order valence-electron chi connectivity index (χ3n) is 4.03. The van der Waals surface area contributed by atoms with E-state index < -0.39 is 0 Å². The SMILES string of the molecule is O=C(/C=C/c1cn(Cc2ccccc2)nc1-c1ccccc1)Nc1nncs1. The van der Waals surface area contributed by atoms with Gasteiger partial charge in [-0.25, -0.2) is 0 Å². The van der Waals surface area contributed by atoms with Crippen LogP contribution < -0.4 is 5.32 Å². The first kappa shape index (κ1) is 17.8. The molecule has 2 heterocycles. The highest BCUT2D eigenvalue weighted by Gasteiger charge is 2.10. The molecule has 0 fully saturated rings. The third-order valence-corrected chi connectivity index (χ3v) is 4.64. The van der Waals surface area contributed by atoms with E-state index in [2.05, 4.69) is 27.6 Å². The summed E-state index contributed by atoms with van der Waals surface area (Å²) in [4.78, 5) is 12.1. The zero-order chi connectivity index (χ0) is 19.2. The fourth-order valence-electron chi connectivity index (χ4n) is 2.77. The quantitative estimate of drug-likeness (QED) is 0.506. The Hall–Kier alpha value is -3.58. The van der Waals surface area contributed by atoms with Gasteiger partial charge >= 0.3 is 0 Å². The number of rotatable bonds is 6. The molecule has 1 amide bonds. The van der Waals surface area contributed by atoms with Crippen molar-refractivity contribution in [1.29, 1.82) is 0 Å². The molecule has 1 N–H and O–H groups in total. The van der Waals surface area contributed by atoms with Gasteiger partial charge in [0.25, 0.3) is 0 Å². The van der Waals surface area contributed by atoms with Crippen LogP contribution in [-0.2, 0) is 11.3 Å². The second-order valence-electron chi connectivity index (χ2n) is 6.05. The molecule has 0 radical (unpaired) electrons. The zero-order valence-electron chi connectivity index (χ0n) is 14.9. The van der Waals surface area contributed by atoms with E-state index in [0.717, 1.165) is 22.4 Å². The minimum atomic E-state index is -0.258. The summed E-state index contributed by atoms with van der Waals surface area (Å²) in [6.45, 7) is 0.658. The Balaban J connectivity index is 1.60. The molecule has 0 aliphatic rings. The van der Waals surface area contributed by atoms with Gasteiger partial charge < -0.3 is 0 Å². The highest BCUT2D eigenvalue weighted by molar-refractivity contribution is 7.13. The number of carbonyl (C=O) groups is 1. The van der Waals surface area contributed by atoms with E-state index in [1.165, 1.54) is 17.4 Å². The van der Waals surface area contributed by atoms with Crippen molar-refractivity contribution >= 4 is 28.5 Å². The van der Waals surface area contributed by atoms with Crippen molar-refractivity contribution in [3.05, 3.63) is 89.6 Å². The molecule has 0 aliphatic heterocycles. The number of hydrogen-bond donors (Lipinski definition) is 1. The lowest BCUT2D eigenvalue weighted by Gasteiger charge is -2.01. The van der Waals surface area contributed by atoms with E-state index in [1.807, 2.05) is 59.4 Å². The van der Waals surface area contributed by atoms with Crippen molar-refractivity contribution in [2.24, 2.45) is 0 Å². The van der Waals surface area contributed by atoms with Crippen molar-refractivity contribution in [2.75, 3.05) is 5.32 Å². The number of benzene rings is 2. The average Bonchev–Trinajstić information content (AvgIpc) is 3.38. The van der Waals surface area contributed by atoms with Crippen LogP contribution in [0.2, 0.25) is 0 Å². The molecule has 0 unspecified atom stereocenters. The normalized spacial score (nSPS) is 11.0. The van der Waals surface area contributed by atoms with Gasteiger partial charge in [0, 0.05) is 23.4 Å². The Morgan fingerprint density at radius 2 is 1.82 bits per heavy atom. The smallest absolute Gasteiger partial charge is 0.250 e. The highest BCUT2D eigenvalue weighted by Crippen LogP contribution is 2.23. The molecule has 0 saturated heterocycles. The maximum atomic E-state index is 12.1. The van der Waals surface area contributed by atoms with Crippen LogP contribution in [0.3, 0.4) is 0 Å². The van der Waals surface area contributed by atoms with Crippen molar-refractivity contribution in [2.45, 2.75) is 6.54 Å². The van der Waals surface area contributed by atoms with Gasteiger partial charge in [0.15, 0.2) is 0 Å². The van der Waals surface area contributed by atoms with Gasteiger partial charge in [-0.1, -0.05) is 72.0 Å². The summed E-state index contributed by atoms with van der Waals surface area (Å²) in [6, 6.07) is 20.1. The van der Waals surface area contributed by atoms with Gasteiger partial charge in [-0.3, -0.25) is 14.8 Å². The summed E-state index contributed by atoms with van der Waals surface area (Å²) in [5.41, 5.74) is 5.43. The topological polar surface area (TPSA) is 72.7 Å². The lowest BCUT2D eigenvalue weighted by molar-refractivity contribution is -0.111. The Kier molecular flexibility index (Phi) is 5.35. The Morgan fingerprint density at radius 3 is 2.54 bits per heavy atom. The summed E-state index contributed by atoms with van der Waals surface area (Å²) in [7, 11) is 0. The molecule has 28 heavy (non-hydrogen) atoms. The predicted octanol–water partition coefficient (Wildman–Crippen LogP) is 4.10. The van der Waals surface area contributed by atoms with Crippen LogP contribution in [0.5, 0.6) is 0 Å². The van der Waals surface area contributed by atoms with Crippen LogP contribution in [-0.4, -0.2) is 25.9 Å². The van der Waals surface area contributed by atoms with Crippen molar-refractivity contribution in [3.8, 4) is 11.3 Å². The Morgan fingerprint density at radius 1 is 1.07 bits per heavy atom. The monoisotopic (exact) mass is 387 g/mol. The predicted molar refractivity (Wildman–Crippen MR) is 111 cm³/mol. The van der Waals surface area contributed by atoms with Gasteiger partial charge in [0.2, 0.25) is 11.0 Å². The molecular formula is C21H17N5OS. The highest BCUT2D eigenvalue weighted by atomic mass is 32.1.